The highest BCUT2D eigenvalue weighted by Crippen LogP contribution is 2.16. The SMILES string of the molecule is CNCC1C(=O)NCC(C)N1Cc1ccc(C)cc1. The molecular weight excluding hydrogens is 238 g/mol. The Kier molecular flexibility index (Phi) is 4.56. The van der Waals surface area contributed by atoms with Gasteiger partial charge in [0, 0.05) is 25.7 Å². The van der Waals surface area contributed by atoms with Gasteiger partial charge in [0.1, 0.15) is 6.04 Å². The third kappa shape index (κ3) is 3.33. The number of nitrogens with one attached hydrogen (secondary N) is 2. The minimum Gasteiger partial charge on any atom is -0.353 e. The number of rotatable bonds is 4. The van der Waals surface area contributed by atoms with Crippen molar-refractivity contribution >= 4 is 5.91 Å². The zero-order chi connectivity index (χ0) is 13.8. The van der Waals surface area contributed by atoms with Crippen molar-refractivity contribution in [2.45, 2.75) is 32.5 Å². The first kappa shape index (κ1) is 14.0. The quantitative estimate of drug-likeness (QED) is 0.846. The number of benzene rings is 1. The molecular formula is C15H23N3O. The molecule has 19 heavy (non-hydrogen) atoms. The number of likely N-dealkylation sites (N-methyl/N-ethyl adjacent to an activating group) is 1. The number of amides is 1. The Labute approximate surface area is 115 Å². The molecule has 2 rings (SSSR count). The summed E-state index contributed by atoms with van der Waals surface area (Å²) in [6.07, 6.45) is 0. The number of carbonyl (C=O) groups excluding carboxylic acids is 1. The van der Waals surface area contributed by atoms with E-state index in [2.05, 4.69) is 53.6 Å². The van der Waals surface area contributed by atoms with E-state index < -0.39 is 0 Å². The van der Waals surface area contributed by atoms with Gasteiger partial charge in [0.15, 0.2) is 0 Å². The van der Waals surface area contributed by atoms with Crippen LogP contribution < -0.4 is 10.6 Å². The van der Waals surface area contributed by atoms with Crippen LogP contribution in [0.4, 0.5) is 0 Å². The van der Waals surface area contributed by atoms with Gasteiger partial charge < -0.3 is 10.6 Å². The van der Waals surface area contributed by atoms with E-state index in [1.165, 1.54) is 11.1 Å². The zero-order valence-electron chi connectivity index (χ0n) is 11.9. The van der Waals surface area contributed by atoms with Gasteiger partial charge in [-0.1, -0.05) is 29.8 Å². The van der Waals surface area contributed by atoms with E-state index in [1.54, 1.807) is 0 Å². The van der Waals surface area contributed by atoms with Crippen LogP contribution in [-0.2, 0) is 11.3 Å². The van der Waals surface area contributed by atoms with Crippen molar-refractivity contribution < 1.29 is 4.79 Å². The molecule has 1 amide bonds. The van der Waals surface area contributed by atoms with Crippen LogP contribution in [0.2, 0.25) is 0 Å². The predicted molar refractivity (Wildman–Crippen MR) is 76.9 cm³/mol. The largest absolute Gasteiger partial charge is 0.353 e. The van der Waals surface area contributed by atoms with E-state index in [0.717, 1.165) is 13.1 Å². The lowest BCUT2D eigenvalue weighted by atomic mass is 10.0. The molecule has 4 nitrogen and oxygen atoms in total. The number of nitrogens with zero attached hydrogens (tertiary/aromatic N) is 1. The highest BCUT2D eigenvalue weighted by Gasteiger charge is 2.33. The molecule has 1 aliphatic rings. The lowest BCUT2D eigenvalue weighted by molar-refractivity contribution is -0.131. The van der Waals surface area contributed by atoms with Gasteiger partial charge in [0.2, 0.25) is 5.91 Å². The second-order valence-corrected chi connectivity index (χ2v) is 5.33. The Bertz CT molecular complexity index is 430. The average Bonchev–Trinajstić information content (AvgIpc) is 2.40. The van der Waals surface area contributed by atoms with Crippen molar-refractivity contribution in [3.8, 4) is 0 Å². The first-order chi connectivity index (χ1) is 9.11. The summed E-state index contributed by atoms with van der Waals surface area (Å²) >= 11 is 0. The van der Waals surface area contributed by atoms with Crippen LogP contribution in [0.25, 0.3) is 0 Å². The van der Waals surface area contributed by atoms with E-state index in [1.807, 2.05) is 7.05 Å². The van der Waals surface area contributed by atoms with Gasteiger partial charge in [-0.05, 0) is 26.5 Å². The van der Waals surface area contributed by atoms with Crippen LogP contribution in [0.3, 0.4) is 0 Å². The maximum absolute atomic E-state index is 12.0. The molecule has 1 saturated heterocycles. The second-order valence-electron chi connectivity index (χ2n) is 5.33. The summed E-state index contributed by atoms with van der Waals surface area (Å²) in [5, 5.41) is 6.08. The van der Waals surface area contributed by atoms with E-state index >= 15 is 0 Å². The molecule has 0 aliphatic carbocycles. The summed E-state index contributed by atoms with van der Waals surface area (Å²) in [4.78, 5) is 14.3. The molecule has 0 radical (unpaired) electrons. The van der Waals surface area contributed by atoms with Crippen LogP contribution in [0.1, 0.15) is 18.1 Å². The number of piperazine rings is 1. The van der Waals surface area contributed by atoms with Crippen molar-refractivity contribution in [3.05, 3.63) is 35.4 Å². The molecule has 1 heterocycles. The molecule has 0 saturated carbocycles. The summed E-state index contributed by atoms with van der Waals surface area (Å²) in [7, 11) is 1.89. The van der Waals surface area contributed by atoms with Gasteiger partial charge in [-0.3, -0.25) is 9.69 Å². The van der Waals surface area contributed by atoms with Gasteiger partial charge in [-0.25, -0.2) is 0 Å². The summed E-state index contributed by atoms with van der Waals surface area (Å²) in [5.41, 5.74) is 2.52. The monoisotopic (exact) mass is 261 g/mol. The van der Waals surface area contributed by atoms with E-state index in [-0.39, 0.29) is 11.9 Å². The molecule has 2 unspecified atom stereocenters. The molecule has 2 atom stereocenters. The third-order valence-electron chi connectivity index (χ3n) is 3.72. The third-order valence-corrected chi connectivity index (χ3v) is 3.72. The Morgan fingerprint density at radius 1 is 1.37 bits per heavy atom. The predicted octanol–water partition coefficient (Wildman–Crippen LogP) is 0.903. The lowest BCUT2D eigenvalue weighted by Gasteiger charge is -2.40. The molecule has 104 valence electrons. The van der Waals surface area contributed by atoms with Crippen molar-refractivity contribution in [2.75, 3.05) is 20.1 Å². The molecule has 1 fully saturated rings. The maximum atomic E-state index is 12.0. The number of hydrogen-bond donors (Lipinski definition) is 2. The number of hydrogen-bond acceptors (Lipinski definition) is 3. The molecule has 1 aliphatic heterocycles. The van der Waals surface area contributed by atoms with Crippen LogP contribution in [0.5, 0.6) is 0 Å². The molecule has 4 heteroatoms. The van der Waals surface area contributed by atoms with Crippen LogP contribution in [0, 0.1) is 6.92 Å². The number of carbonyl (C=O) groups is 1. The molecule has 0 aromatic heterocycles. The van der Waals surface area contributed by atoms with Crippen LogP contribution in [-0.4, -0.2) is 43.0 Å². The van der Waals surface area contributed by atoms with Gasteiger partial charge in [0.25, 0.3) is 0 Å². The fourth-order valence-electron chi connectivity index (χ4n) is 2.51. The molecule has 0 bridgehead atoms. The summed E-state index contributed by atoms with van der Waals surface area (Å²) in [6.45, 7) is 6.48. The second kappa shape index (κ2) is 6.17. The normalized spacial score (nSPS) is 24.3. The lowest BCUT2D eigenvalue weighted by Crippen LogP contribution is -2.61. The fraction of sp³-hybridized carbons (Fsp3) is 0.533. The highest BCUT2D eigenvalue weighted by atomic mass is 16.2. The molecule has 1 aromatic rings. The van der Waals surface area contributed by atoms with Gasteiger partial charge in [0.05, 0.1) is 0 Å². The van der Waals surface area contributed by atoms with Crippen LogP contribution >= 0.6 is 0 Å². The fourth-order valence-corrected chi connectivity index (χ4v) is 2.51. The van der Waals surface area contributed by atoms with Crippen LogP contribution in [0.15, 0.2) is 24.3 Å². The smallest absolute Gasteiger partial charge is 0.238 e. The van der Waals surface area contributed by atoms with Crippen molar-refractivity contribution in [1.82, 2.24) is 15.5 Å². The van der Waals surface area contributed by atoms with Gasteiger partial charge in [-0.15, -0.1) is 0 Å². The van der Waals surface area contributed by atoms with Gasteiger partial charge >= 0.3 is 0 Å². The first-order valence-electron chi connectivity index (χ1n) is 6.85. The first-order valence-corrected chi connectivity index (χ1v) is 6.85. The number of aryl methyl sites for hydroxylation is 1. The van der Waals surface area contributed by atoms with E-state index in [0.29, 0.717) is 12.6 Å². The van der Waals surface area contributed by atoms with Crippen molar-refractivity contribution in [3.63, 3.8) is 0 Å². The summed E-state index contributed by atoms with van der Waals surface area (Å²) in [6, 6.07) is 8.80. The molecule has 2 N–H and O–H groups in total. The highest BCUT2D eigenvalue weighted by molar-refractivity contribution is 5.82. The van der Waals surface area contributed by atoms with Crippen molar-refractivity contribution in [2.24, 2.45) is 0 Å². The minimum absolute atomic E-state index is 0.0879. The standard InChI is InChI=1S/C15H23N3O/c1-11-4-6-13(7-5-11)10-18-12(2)8-17-15(19)14(18)9-16-3/h4-7,12,14,16H,8-10H2,1-3H3,(H,17,19). The van der Waals surface area contributed by atoms with Crippen molar-refractivity contribution in [1.29, 1.82) is 0 Å². The Morgan fingerprint density at radius 3 is 2.68 bits per heavy atom. The molecule has 0 spiro atoms. The minimum atomic E-state index is -0.0879. The van der Waals surface area contributed by atoms with Gasteiger partial charge in [-0.2, -0.15) is 0 Å². The zero-order valence-corrected chi connectivity index (χ0v) is 11.9. The summed E-state index contributed by atoms with van der Waals surface area (Å²) in [5.74, 6) is 0.125. The topological polar surface area (TPSA) is 44.4 Å². The maximum Gasteiger partial charge on any atom is 0.238 e. The van der Waals surface area contributed by atoms with E-state index in [9.17, 15) is 4.79 Å². The molecule has 1 aromatic carbocycles. The Hall–Kier alpha value is -1.39. The van der Waals surface area contributed by atoms with E-state index in [4.69, 9.17) is 0 Å². The average molecular weight is 261 g/mol. The Morgan fingerprint density at radius 2 is 2.05 bits per heavy atom. The summed E-state index contributed by atoms with van der Waals surface area (Å²) < 4.78 is 0. The Balaban J connectivity index is 2.13.